The van der Waals surface area contributed by atoms with E-state index in [0.29, 0.717) is 29.5 Å². The Balaban J connectivity index is 2.11. The van der Waals surface area contributed by atoms with Gasteiger partial charge >= 0.3 is 0 Å². The fraction of sp³-hybridized carbons (Fsp3) is 0.235. The molecular formula is C17H18N2O3S. The molecule has 2 rings (SSSR count). The van der Waals surface area contributed by atoms with Crippen LogP contribution in [-0.4, -0.2) is 15.0 Å². The number of hydrogen-bond donors (Lipinski definition) is 1. The maximum absolute atomic E-state index is 12.3. The summed E-state index contributed by atoms with van der Waals surface area (Å²) < 4.78 is 32.6. The van der Waals surface area contributed by atoms with Crippen molar-refractivity contribution in [1.29, 1.82) is 5.26 Å². The Kier molecular flexibility index (Phi) is 5.24. The van der Waals surface area contributed by atoms with E-state index in [2.05, 4.69) is 4.72 Å². The Morgan fingerprint density at radius 1 is 1.09 bits per heavy atom. The van der Waals surface area contributed by atoms with E-state index >= 15 is 0 Å². The minimum absolute atomic E-state index is 0.152. The van der Waals surface area contributed by atoms with Crippen LogP contribution >= 0.6 is 0 Å². The largest absolute Gasteiger partial charge is 0.493 e. The maximum Gasteiger partial charge on any atom is 0.261 e. The van der Waals surface area contributed by atoms with E-state index in [-0.39, 0.29) is 4.90 Å². The van der Waals surface area contributed by atoms with Gasteiger partial charge in [-0.2, -0.15) is 5.26 Å². The van der Waals surface area contributed by atoms with E-state index in [1.54, 1.807) is 36.4 Å². The van der Waals surface area contributed by atoms with Crippen molar-refractivity contribution in [3.8, 4) is 11.8 Å². The van der Waals surface area contributed by atoms with Crippen LogP contribution in [0, 0.1) is 17.2 Å². The van der Waals surface area contributed by atoms with Crippen molar-refractivity contribution in [2.45, 2.75) is 18.7 Å². The molecule has 5 nitrogen and oxygen atoms in total. The summed E-state index contributed by atoms with van der Waals surface area (Å²) in [5.41, 5.74) is 0.878. The highest BCUT2D eigenvalue weighted by atomic mass is 32.2. The van der Waals surface area contributed by atoms with Crippen molar-refractivity contribution in [2.75, 3.05) is 11.3 Å². The van der Waals surface area contributed by atoms with Gasteiger partial charge in [0.25, 0.3) is 10.0 Å². The van der Waals surface area contributed by atoms with E-state index in [9.17, 15) is 8.42 Å². The summed E-state index contributed by atoms with van der Waals surface area (Å²) in [5.74, 6) is 1.03. The molecule has 120 valence electrons. The molecule has 0 aliphatic carbocycles. The molecule has 0 saturated heterocycles. The quantitative estimate of drug-likeness (QED) is 0.880. The Morgan fingerprint density at radius 3 is 2.22 bits per heavy atom. The van der Waals surface area contributed by atoms with Gasteiger partial charge in [0.1, 0.15) is 5.75 Å². The van der Waals surface area contributed by atoms with Crippen LogP contribution in [-0.2, 0) is 10.0 Å². The molecule has 0 amide bonds. The molecule has 0 aliphatic rings. The van der Waals surface area contributed by atoms with Crippen molar-refractivity contribution in [1.82, 2.24) is 0 Å². The molecule has 0 heterocycles. The van der Waals surface area contributed by atoms with E-state index in [0.717, 1.165) is 0 Å². The first-order chi connectivity index (χ1) is 10.9. The summed E-state index contributed by atoms with van der Waals surface area (Å²) in [6, 6.07) is 14.5. The lowest BCUT2D eigenvalue weighted by molar-refractivity contribution is 0.271. The molecule has 6 heteroatoms. The second-order valence-corrected chi connectivity index (χ2v) is 7.15. The van der Waals surface area contributed by atoms with Gasteiger partial charge in [-0.05, 0) is 54.4 Å². The average molecular weight is 330 g/mol. The van der Waals surface area contributed by atoms with Gasteiger partial charge in [-0.15, -0.1) is 0 Å². The zero-order valence-electron chi connectivity index (χ0n) is 13.0. The lowest BCUT2D eigenvalue weighted by Gasteiger charge is -2.11. The lowest BCUT2D eigenvalue weighted by atomic mass is 10.2. The average Bonchev–Trinajstić information content (AvgIpc) is 2.53. The molecular weight excluding hydrogens is 312 g/mol. The van der Waals surface area contributed by atoms with Crippen LogP contribution < -0.4 is 9.46 Å². The zero-order valence-corrected chi connectivity index (χ0v) is 13.8. The van der Waals surface area contributed by atoms with E-state index in [1.165, 1.54) is 12.1 Å². The summed E-state index contributed by atoms with van der Waals surface area (Å²) >= 11 is 0. The van der Waals surface area contributed by atoms with Gasteiger partial charge in [-0.3, -0.25) is 4.72 Å². The van der Waals surface area contributed by atoms with Crippen molar-refractivity contribution < 1.29 is 13.2 Å². The Hall–Kier alpha value is -2.52. The first-order valence-electron chi connectivity index (χ1n) is 7.16. The number of nitrogens with one attached hydrogen (secondary N) is 1. The van der Waals surface area contributed by atoms with E-state index in [1.807, 2.05) is 19.9 Å². The number of ether oxygens (including phenoxy) is 1. The molecule has 0 saturated carbocycles. The number of nitrogens with zero attached hydrogens (tertiary/aromatic N) is 1. The molecule has 1 N–H and O–H groups in total. The number of nitriles is 1. The first kappa shape index (κ1) is 16.8. The molecule has 0 aliphatic heterocycles. The van der Waals surface area contributed by atoms with Gasteiger partial charge in [0.2, 0.25) is 0 Å². The van der Waals surface area contributed by atoms with Crippen molar-refractivity contribution in [3.05, 3.63) is 54.1 Å². The van der Waals surface area contributed by atoms with Crippen LogP contribution in [0.2, 0.25) is 0 Å². The highest BCUT2D eigenvalue weighted by Gasteiger charge is 2.14. The van der Waals surface area contributed by atoms with Crippen LogP contribution in [0.25, 0.3) is 0 Å². The third-order valence-electron chi connectivity index (χ3n) is 2.98. The normalized spacial score (nSPS) is 11.0. The van der Waals surface area contributed by atoms with Crippen LogP contribution in [0.3, 0.4) is 0 Å². The van der Waals surface area contributed by atoms with Crippen molar-refractivity contribution in [3.63, 3.8) is 0 Å². The van der Waals surface area contributed by atoms with Gasteiger partial charge in [0.15, 0.2) is 0 Å². The predicted molar refractivity (Wildman–Crippen MR) is 88.7 cm³/mol. The highest BCUT2D eigenvalue weighted by molar-refractivity contribution is 7.92. The minimum Gasteiger partial charge on any atom is -0.493 e. The van der Waals surface area contributed by atoms with Crippen molar-refractivity contribution in [2.24, 2.45) is 5.92 Å². The molecule has 0 aromatic heterocycles. The summed E-state index contributed by atoms with van der Waals surface area (Å²) in [5, 5.41) is 8.74. The molecule has 0 unspecified atom stereocenters. The van der Waals surface area contributed by atoms with Crippen LogP contribution in [0.1, 0.15) is 19.4 Å². The predicted octanol–water partition coefficient (Wildman–Crippen LogP) is 3.39. The Bertz CT molecular complexity index is 789. The molecule has 0 atom stereocenters. The van der Waals surface area contributed by atoms with Crippen LogP contribution in [0.15, 0.2) is 53.4 Å². The standard InChI is InChI=1S/C17H18N2O3S/c1-13(2)12-22-16-7-9-17(10-8-16)23(20,21)19-15-5-3-14(11-18)4-6-15/h3-10,13,19H,12H2,1-2H3. The highest BCUT2D eigenvalue weighted by Crippen LogP contribution is 2.20. The topological polar surface area (TPSA) is 79.2 Å². The SMILES string of the molecule is CC(C)COc1ccc(S(=O)(=O)Nc2ccc(C#N)cc2)cc1. The van der Waals surface area contributed by atoms with E-state index < -0.39 is 10.0 Å². The number of rotatable bonds is 6. The summed E-state index contributed by atoms with van der Waals surface area (Å²) in [6.07, 6.45) is 0. The van der Waals surface area contributed by atoms with Gasteiger partial charge in [-0.25, -0.2) is 8.42 Å². The van der Waals surface area contributed by atoms with Crippen molar-refractivity contribution >= 4 is 15.7 Å². The third-order valence-corrected chi connectivity index (χ3v) is 4.38. The first-order valence-corrected chi connectivity index (χ1v) is 8.65. The fourth-order valence-electron chi connectivity index (χ4n) is 1.80. The van der Waals surface area contributed by atoms with Crippen LogP contribution in [0.5, 0.6) is 5.75 Å². The van der Waals surface area contributed by atoms with Gasteiger partial charge < -0.3 is 4.74 Å². The van der Waals surface area contributed by atoms with Crippen LogP contribution in [0.4, 0.5) is 5.69 Å². The van der Waals surface area contributed by atoms with Gasteiger partial charge in [-0.1, -0.05) is 13.8 Å². The summed E-state index contributed by atoms with van der Waals surface area (Å²) in [6.45, 7) is 4.66. The maximum atomic E-state index is 12.3. The molecule has 0 spiro atoms. The minimum atomic E-state index is -3.67. The summed E-state index contributed by atoms with van der Waals surface area (Å²) in [7, 11) is -3.67. The number of anilines is 1. The fourth-order valence-corrected chi connectivity index (χ4v) is 2.86. The molecule has 23 heavy (non-hydrogen) atoms. The Morgan fingerprint density at radius 2 is 1.70 bits per heavy atom. The smallest absolute Gasteiger partial charge is 0.261 e. The molecule has 2 aromatic carbocycles. The van der Waals surface area contributed by atoms with Gasteiger partial charge in [0, 0.05) is 5.69 Å². The monoisotopic (exact) mass is 330 g/mol. The molecule has 0 fully saturated rings. The number of benzene rings is 2. The van der Waals surface area contributed by atoms with E-state index in [4.69, 9.17) is 10.00 Å². The lowest BCUT2D eigenvalue weighted by Crippen LogP contribution is -2.13. The number of hydrogen-bond acceptors (Lipinski definition) is 4. The third kappa shape index (κ3) is 4.73. The van der Waals surface area contributed by atoms with Gasteiger partial charge in [0.05, 0.1) is 23.1 Å². The second kappa shape index (κ2) is 7.16. The molecule has 2 aromatic rings. The Labute approximate surface area is 136 Å². The second-order valence-electron chi connectivity index (χ2n) is 5.47. The number of sulfonamides is 1. The molecule has 0 radical (unpaired) electrons. The zero-order chi connectivity index (χ0) is 16.9. The summed E-state index contributed by atoms with van der Waals surface area (Å²) in [4.78, 5) is 0.152. The molecule has 0 bridgehead atoms.